The van der Waals surface area contributed by atoms with Crippen LogP contribution in [-0.4, -0.2) is 38.8 Å². The fourth-order valence-electron chi connectivity index (χ4n) is 1.67. The second kappa shape index (κ2) is 9.96. The van der Waals surface area contributed by atoms with Crippen LogP contribution in [0.2, 0.25) is 0 Å². The van der Waals surface area contributed by atoms with Crippen molar-refractivity contribution in [3.63, 3.8) is 0 Å². The second-order valence-electron chi connectivity index (χ2n) is 4.61. The fourth-order valence-corrected chi connectivity index (χ4v) is 1.67. The summed E-state index contributed by atoms with van der Waals surface area (Å²) >= 11 is 0. The van der Waals surface area contributed by atoms with E-state index >= 15 is 0 Å². The van der Waals surface area contributed by atoms with Crippen LogP contribution in [-0.2, 0) is 16.1 Å². The summed E-state index contributed by atoms with van der Waals surface area (Å²) in [7, 11) is 1.68. The first-order valence-corrected chi connectivity index (χ1v) is 7.01. The van der Waals surface area contributed by atoms with Gasteiger partial charge in [-0.3, -0.25) is 4.79 Å². The third-order valence-corrected chi connectivity index (χ3v) is 2.84. The molecule has 5 nitrogen and oxygen atoms in total. The Hall–Kier alpha value is -1.85. The smallest absolute Gasteiger partial charge is 0.261 e. The second-order valence-corrected chi connectivity index (χ2v) is 4.61. The maximum atomic E-state index is 11.7. The quantitative estimate of drug-likeness (QED) is 0.507. The molecule has 0 bridgehead atoms. The average molecular weight is 292 g/mol. The SMILES string of the molecule is C=CCNC(=O)C(C)Oc1ccc(CNCCOC)cc1. The summed E-state index contributed by atoms with van der Waals surface area (Å²) in [4.78, 5) is 11.7. The number of carbonyl (C=O) groups excluding carboxylic acids is 1. The lowest BCUT2D eigenvalue weighted by Gasteiger charge is -2.14. The van der Waals surface area contributed by atoms with Crippen LogP contribution in [0.1, 0.15) is 12.5 Å². The Bertz CT molecular complexity index is 432. The van der Waals surface area contributed by atoms with Crippen molar-refractivity contribution in [1.82, 2.24) is 10.6 Å². The van der Waals surface area contributed by atoms with Gasteiger partial charge in [-0.2, -0.15) is 0 Å². The Morgan fingerprint density at radius 2 is 2.10 bits per heavy atom. The van der Waals surface area contributed by atoms with E-state index in [0.717, 1.165) is 18.7 Å². The van der Waals surface area contributed by atoms with E-state index in [1.807, 2.05) is 24.3 Å². The summed E-state index contributed by atoms with van der Waals surface area (Å²) in [5.74, 6) is 0.525. The molecule has 116 valence electrons. The first kappa shape index (κ1) is 17.2. The molecule has 0 spiro atoms. The molecule has 0 heterocycles. The highest BCUT2D eigenvalue weighted by atomic mass is 16.5. The highest BCUT2D eigenvalue weighted by Gasteiger charge is 2.13. The molecule has 1 atom stereocenters. The third kappa shape index (κ3) is 6.92. The Morgan fingerprint density at radius 1 is 1.38 bits per heavy atom. The Kier molecular flexibility index (Phi) is 8.16. The van der Waals surface area contributed by atoms with Crippen molar-refractivity contribution in [2.75, 3.05) is 26.8 Å². The van der Waals surface area contributed by atoms with E-state index < -0.39 is 6.10 Å². The number of rotatable bonds is 10. The van der Waals surface area contributed by atoms with Gasteiger partial charge in [-0.25, -0.2) is 0 Å². The van der Waals surface area contributed by atoms with Gasteiger partial charge >= 0.3 is 0 Å². The van der Waals surface area contributed by atoms with Gasteiger partial charge in [0.25, 0.3) is 5.91 Å². The van der Waals surface area contributed by atoms with E-state index in [4.69, 9.17) is 9.47 Å². The summed E-state index contributed by atoms with van der Waals surface area (Å²) in [6, 6.07) is 7.68. The molecule has 0 aromatic heterocycles. The van der Waals surface area contributed by atoms with Crippen LogP contribution >= 0.6 is 0 Å². The molecule has 1 amide bonds. The van der Waals surface area contributed by atoms with Gasteiger partial charge in [0.1, 0.15) is 5.75 Å². The molecule has 1 aromatic rings. The molecule has 5 heteroatoms. The van der Waals surface area contributed by atoms with Crippen LogP contribution in [0.3, 0.4) is 0 Å². The lowest BCUT2D eigenvalue weighted by molar-refractivity contribution is -0.127. The summed E-state index contributed by atoms with van der Waals surface area (Å²) in [6.07, 6.45) is 1.10. The van der Waals surface area contributed by atoms with Crippen molar-refractivity contribution < 1.29 is 14.3 Å². The monoisotopic (exact) mass is 292 g/mol. The Balaban J connectivity index is 2.39. The number of benzene rings is 1. The number of amides is 1. The lowest BCUT2D eigenvalue weighted by Crippen LogP contribution is -2.36. The minimum absolute atomic E-state index is 0.153. The van der Waals surface area contributed by atoms with Crippen molar-refractivity contribution in [1.29, 1.82) is 0 Å². The molecule has 2 N–H and O–H groups in total. The third-order valence-electron chi connectivity index (χ3n) is 2.84. The van der Waals surface area contributed by atoms with E-state index in [9.17, 15) is 4.79 Å². The molecule has 1 unspecified atom stereocenters. The first-order chi connectivity index (χ1) is 10.2. The molecular formula is C16H24N2O3. The summed E-state index contributed by atoms with van der Waals surface area (Å²) in [5, 5.41) is 5.96. The zero-order valence-electron chi connectivity index (χ0n) is 12.7. The van der Waals surface area contributed by atoms with Crippen molar-refractivity contribution in [2.24, 2.45) is 0 Å². The van der Waals surface area contributed by atoms with Crippen LogP contribution in [0.25, 0.3) is 0 Å². The largest absolute Gasteiger partial charge is 0.481 e. The van der Waals surface area contributed by atoms with E-state index in [1.54, 1.807) is 20.1 Å². The molecule has 0 saturated heterocycles. The molecule has 0 fully saturated rings. The predicted octanol–water partition coefficient (Wildman–Crippen LogP) is 1.49. The van der Waals surface area contributed by atoms with Crippen molar-refractivity contribution in [2.45, 2.75) is 19.6 Å². The normalized spacial score (nSPS) is 11.7. The van der Waals surface area contributed by atoms with Gasteiger partial charge in [0, 0.05) is 26.7 Å². The van der Waals surface area contributed by atoms with E-state index in [1.165, 1.54) is 0 Å². The van der Waals surface area contributed by atoms with Gasteiger partial charge in [-0.05, 0) is 24.6 Å². The predicted molar refractivity (Wildman–Crippen MR) is 83.3 cm³/mol. The standard InChI is InChI=1S/C16H24N2O3/c1-4-9-18-16(19)13(2)21-15-7-5-14(6-8-15)12-17-10-11-20-3/h4-8,13,17H,1,9-12H2,2-3H3,(H,18,19). The average Bonchev–Trinajstić information content (AvgIpc) is 2.50. The maximum absolute atomic E-state index is 11.7. The van der Waals surface area contributed by atoms with Crippen LogP contribution in [0.4, 0.5) is 0 Å². The summed E-state index contributed by atoms with van der Waals surface area (Å²) < 4.78 is 10.6. The minimum Gasteiger partial charge on any atom is -0.481 e. The molecular weight excluding hydrogens is 268 g/mol. The van der Waals surface area contributed by atoms with Crippen molar-refractivity contribution in [3.05, 3.63) is 42.5 Å². The molecule has 0 saturated carbocycles. The molecule has 0 aliphatic heterocycles. The lowest BCUT2D eigenvalue weighted by atomic mass is 10.2. The highest BCUT2D eigenvalue weighted by molar-refractivity contribution is 5.80. The number of ether oxygens (including phenoxy) is 2. The van der Waals surface area contributed by atoms with Crippen molar-refractivity contribution >= 4 is 5.91 Å². The van der Waals surface area contributed by atoms with Gasteiger partial charge in [0.2, 0.25) is 0 Å². The van der Waals surface area contributed by atoms with Gasteiger partial charge in [0.05, 0.1) is 6.61 Å². The van der Waals surface area contributed by atoms with Crippen molar-refractivity contribution in [3.8, 4) is 5.75 Å². The zero-order valence-corrected chi connectivity index (χ0v) is 12.7. The molecule has 1 aromatic carbocycles. The van der Waals surface area contributed by atoms with Crippen LogP contribution in [0.5, 0.6) is 5.75 Å². The molecule has 1 rings (SSSR count). The van der Waals surface area contributed by atoms with Crippen LogP contribution < -0.4 is 15.4 Å². The van der Waals surface area contributed by atoms with Gasteiger partial charge in [-0.1, -0.05) is 18.2 Å². The Morgan fingerprint density at radius 3 is 2.71 bits per heavy atom. The zero-order chi connectivity index (χ0) is 15.5. The number of nitrogens with one attached hydrogen (secondary N) is 2. The maximum Gasteiger partial charge on any atom is 0.261 e. The van der Waals surface area contributed by atoms with E-state index in [-0.39, 0.29) is 5.91 Å². The number of hydrogen-bond acceptors (Lipinski definition) is 4. The first-order valence-electron chi connectivity index (χ1n) is 7.01. The molecule has 0 aliphatic carbocycles. The molecule has 0 radical (unpaired) electrons. The topological polar surface area (TPSA) is 59.6 Å². The molecule has 21 heavy (non-hydrogen) atoms. The van der Waals surface area contributed by atoms with E-state index in [0.29, 0.717) is 18.9 Å². The van der Waals surface area contributed by atoms with E-state index in [2.05, 4.69) is 17.2 Å². The number of carbonyl (C=O) groups is 1. The number of methoxy groups -OCH3 is 1. The summed E-state index contributed by atoms with van der Waals surface area (Å²) in [6.45, 7) is 8.00. The van der Waals surface area contributed by atoms with Gasteiger partial charge in [0.15, 0.2) is 6.10 Å². The molecule has 0 aliphatic rings. The number of hydrogen-bond donors (Lipinski definition) is 2. The fraction of sp³-hybridized carbons (Fsp3) is 0.438. The van der Waals surface area contributed by atoms with Crippen LogP contribution in [0.15, 0.2) is 36.9 Å². The minimum atomic E-state index is -0.532. The van der Waals surface area contributed by atoms with Gasteiger partial charge in [-0.15, -0.1) is 6.58 Å². The highest BCUT2D eigenvalue weighted by Crippen LogP contribution is 2.14. The van der Waals surface area contributed by atoms with Gasteiger partial charge < -0.3 is 20.1 Å². The Labute approximate surface area is 126 Å². The summed E-state index contributed by atoms with van der Waals surface area (Å²) in [5.41, 5.74) is 1.15. The van der Waals surface area contributed by atoms with Crippen LogP contribution in [0, 0.1) is 0 Å².